The van der Waals surface area contributed by atoms with Gasteiger partial charge in [0.25, 0.3) is 0 Å². The number of likely N-dealkylation sites (tertiary alicyclic amines) is 2. The monoisotopic (exact) mass is 295 g/mol. The van der Waals surface area contributed by atoms with Gasteiger partial charge in [-0.15, -0.1) is 0 Å². The van der Waals surface area contributed by atoms with Gasteiger partial charge < -0.3 is 15.5 Å². The molecule has 5 heteroatoms. The maximum absolute atomic E-state index is 12.7. The zero-order valence-corrected chi connectivity index (χ0v) is 13.4. The molecule has 5 nitrogen and oxygen atoms in total. The number of piperidine rings is 1. The lowest BCUT2D eigenvalue weighted by molar-refractivity contribution is -0.143. The summed E-state index contributed by atoms with van der Waals surface area (Å²) >= 11 is 0. The number of carbonyl (C=O) groups is 2. The van der Waals surface area contributed by atoms with Crippen molar-refractivity contribution < 1.29 is 9.59 Å². The average Bonchev–Trinajstić information content (AvgIpc) is 3.01. The van der Waals surface area contributed by atoms with E-state index in [1.165, 1.54) is 0 Å². The maximum atomic E-state index is 12.7. The molecule has 0 aromatic heterocycles. The molecule has 2 N–H and O–H groups in total. The first kappa shape index (κ1) is 16.3. The number of amides is 2. The van der Waals surface area contributed by atoms with Crippen molar-refractivity contribution in [1.82, 2.24) is 9.80 Å². The first-order chi connectivity index (χ1) is 10.1. The fourth-order valence-electron chi connectivity index (χ4n) is 3.47. The summed E-state index contributed by atoms with van der Waals surface area (Å²) in [5, 5.41) is 0. The number of nitrogens with two attached hydrogens (primary N) is 1. The average molecular weight is 295 g/mol. The maximum Gasteiger partial charge on any atom is 0.227 e. The zero-order valence-electron chi connectivity index (χ0n) is 13.4. The molecule has 0 saturated carbocycles. The number of hydrogen-bond acceptors (Lipinski definition) is 3. The number of nitrogens with zero attached hydrogens (tertiary/aromatic N) is 2. The molecule has 2 aliphatic heterocycles. The summed E-state index contributed by atoms with van der Waals surface area (Å²) in [6.07, 6.45) is 4.76. The Balaban J connectivity index is 1.97. The second kappa shape index (κ2) is 7.25. The lowest BCUT2D eigenvalue weighted by Crippen LogP contribution is -2.50. The van der Waals surface area contributed by atoms with Gasteiger partial charge in [0.15, 0.2) is 0 Å². The van der Waals surface area contributed by atoms with Crippen LogP contribution in [0.15, 0.2) is 0 Å². The van der Waals surface area contributed by atoms with Crippen LogP contribution in [0.3, 0.4) is 0 Å². The van der Waals surface area contributed by atoms with E-state index in [0.29, 0.717) is 13.1 Å². The smallest absolute Gasteiger partial charge is 0.227 e. The van der Waals surface area contributed by atoms with Crippen LogP contribution in [0, 0.1) is 11.8 Å². The molecule has 21 heavy (non-hydrogen) atoms. The van der Waals surface area contributed by atoms with Crippen molar-refractivity contribution in [3.63, 3.8) is 0 Å². The minimum atomic E-state index is -0.0288. The molecule has 2 amide bonds. The van der Waals surface area contributed by atoms with Crippen LogP contribution in [-0.2, 0) is 9.59 Å². The van der Waals surface area contributed by atoms with E-state index in [1.807, 2.05) is 23.6 Å². The van der Waals surface area contributed by atoms with Crippen LogP contribution < -0.4 is 5.73 Å². The molecule has 2 saturated heterocycles. The summed E-state index contributed by atoms with van der Waals surface area (Å²) in [4.78, 5) is 28.9. The van der Waals surface area contributed by atoms with E-state index in [-0.39, 0.29) is 29.7 Å². The molecule has 2 heterocycles. The van der Waals surface area contributed by atoms with Crippen molar-refractivity contribution in [1.29, 1.82) is 0 Å². The lowest BCUT2D eigenvalue weighted by atomic mass is 9.94. The largest absolute Gasteiger partial charge is 0.342 e. The fourth-order valence-corrected chi connectivity index (χ4v) is 3.47. The van der Waals surface area contributed by atoms with E-state index in [0.717, 1.165) is 45.2 Å². The standard InChI is InChI=1S/C16H29N3O2/c1-3-12(2)15(20)18-8-4-6-13(11-18)16(21)19-9-5-7-14(19)10-17/h12-14H,3-11,17H2,1-2H3. The molecule has 0 spiro atoms. The first-order valence-electron chi connectivity index (χ1n) is 8.37. The Bertz CT molecular complexity index is 386. The summed E-state index contributed by atoms with van der Waals surface area (Å²) in [5.41, 5.74) is 5.77. The van der Waals surface area contributed by atoms with Gasteiger partial charge in [0, 0.05) is 38.1 Å². The summed E-state index contributed by atoms with van der Waals surface area (Å²) in [6.45, 7) is 6.78. The van der Waals surface area contributed by atoms with Crippen molar-refractivity contribution in [2.75, 3.05) is 26.2 Å². The molecule has 0 radical (unpaired) electrons. The second-order valence-corrected chi connectivity index (χ2v) is 6.50. The Hall–Kier alpha value is -1.10. The lowest BCUT2D eigenvalue weighted by Gasteiger charge is -2.36. The van der Waals surface area contributed by atoms with E-state index in [9.17, 15) is 9.59 Å². The molecule has 120 valence electrons. The van der Waals surface area contributed by atoms with E-state index >= 15 is 0 Å². The van der Waals surface area contributed by atoms with E-state index < -0.39 is 0 Å². The van der Waals surface area contributed by atoms with Gasteiger partial charge in [-0.05, 0) is 32.1 Å². The molecular formula is C16H29N3O2. The van der Waals surface area contributed by atoms with Gasteiger partial charge in [-0.2, -0.15) is 0 Å². The van der Waals surface area contributed by atoms with Crippen LogP contribution in [-0.4, -0.2) is 53.8 Å². The van der Waals surface area contributed by atoms with Crippen LogP contribution in [0.4, 0.5) is 0 Å². The van der Waals surface area contributed by atoms with Crippen LogP contribution in [0.1, 0.15) is 46.0 Å². The zero-order chi connectivity index (χ0) is 15.4. The second-order valence-electron chi connectivity index (χ2n) is 6.50. The van der Waals surface area contributed by atoms with Crippen LogP contribution in [0.2, 0.25) is 0 Å². The summed E-state index contributed by atoms with van der Waals surface area (Å²) in [7, 11) is 0. The molecule has 2 aliphatic rings. The van der Waals surface area contributed by atoms with Crippen LogP contribution >= 0.6 is 0 Å². The Morgan fingerprint density at radius 2 is 1.95 bits per heavy atom. The van der Waals surface area contributed by atoms with Gasteiger partial charge in [-0.3, -0.25) is 9.59 Å². The summed E-state index contributed by atoms with van der Waals surface area (Å²) < 4.78 is 0. The van der Waals surface area contributed by atoms with E-state index in [4.69, 9.17) is 5.73 Å². The van der Waals surface area contributed by atoms with Crippen LogP contribution in [0.25, 0.3) is 0 Å². The molecule has 0 aromatic rings. The molecule has 0 aromatic carbocycles. The van der Waals surface area contributed by atoms with Crippen LogP contribution in [0.5, 0.6) is 0 Å². The van der Waals surface area contributed by atoms with Crippen molar-refractivity contribution in [2.45, 2.75) is 52.0 Å². The molecule has 3 atom stereocenters. The van der Waals surface area contributed by atoms with Gasteiger partial charge >= 0.3 is 0 Å². The topological polar surface area (TPSA) is 66.6 Å². The Morgan fingerprint density at radius 3 is 2.62 bits per heavy atom. The first-order valence-corrected chi connectivity index (χ1v) is 8.37. The highest BCUT2D eigenvalue weighted by atomic mass is 16.2. The van der Waals surface area contributed by atoms with Gasteiger partial charge in [-0.25, -0.2) is 0 Å². The molecule has 0 bridgehead atoms. The Labute approximate surface area is 127 Å². The molecule has 3 unspecified atom stereocenters. The molecule has 2 fully saturated rings. The highest BCUT2D eigenvalue weighted by Crippen LogP contribution is 2.25. The third kappa shape index (κ3) is 3.57. The van der Waals surface area contributed by atoms with Gasteiger partial charge in [0.1, 0.15) is 0 Å². The fraction of sp³-hybridized carbons (Fsp3) is 0.875. The predicted molar refractivity (Wildman–Crippen MR) is 82.5 cm³/mol. The predicted octanol–water partition coefficient (Wildman–Crippen LogP) is 1.22. The van der Waals surface area contributed by atoms with Crippen molar-refractivity contribution >= 4 is 11.8 Å². The Kier molecular flexibility index (Phi) is 5.62. The van der Waals surface area contributed by atoms with Crippen molar-refractivity contribution in [3.05, 3.63) is 0 Å². The van der Waals surface area contributed by atoms with Crippen molar-refractivity contribution in [3.8, 4) is 0 Å². The van der Waals surface area contributed by atoms with Crippen molar-refractivity contribution in [2.24, 2.45) is 17.6 Å². The number of rotatable bonds is 4. The summed E-state index contributed by atoms with van der Waals surface area (Å²) in [6, 6.07) is 0.207. The van der Waals surface area contributed by atoms with Gasteiger partial charge in [0.05, 0.1) is 5.92 Å². The summed E-state index contributed by atoms with van der Waals surface area (Å²) in [5.74, 6) is 0.442. The normalized spacial score (nSPS) is 27.8. The highest BCUT2D eigenvalue weighted by Gasteiger charge is 2.36. The SMILES string of the molecule is CCC(C)C(=O)N1CCCC(C(=O)N2CCCC2CN)C1. The van der Waals surface area contributed by atoms with E-state index in [1.54, 1.807) is 0 Å². The third-order valence-corrected chi connectivity index (χ3v) is 5.05. The third-order valence-electron chi connectivity index (χ3n) is 5.05. The molecule has 2 rings (SSSR count). The quantitative estimate of drug-likeness (QED) is 0.848. The number of carbonyl (C=O) groups excluding carboxylic acids is 2. The highest BCUT2D eigenvalue weighted by molar-refractivity contribution is 5.82. The molecule has 0 aliphatic carbocycles. The minimum absolute atomic E-state index is 0.0288. The van der Waals surface area contributed by atoms with Gasteiger partial charge in [-0.1, -0.05) is 13.8 Å². The molecular weight excluding hydrogens is 266 g/mol. The Morgan fingerprint density at radius 1 is 1.24 bits per heavy atom. The van der Waals surface area contributed by atoms with E-state index in [2.05, 4.69) is 0 Å². The number of hydrogen-bond donors (Lipinski definition) is 1. The van der Waals surface area contributed by atoms with Gasteiger partial charge in [0.2, 0.25) is 11.8 Å². The minimum Gasteiger partial charge on any atom is -0.342 e.